The Morgan fingerprint density at radius 1 is 1.40 bits per heavy atom. The number of rotatable bonds is 2. The summed E-state index contributed by atoms with van der Waals surface area (Å²) in [5.41, 5.74) is 0. The van der Waals surface area contributed by atoms with Crippen LogP contribution in [0, 0.1) is 0 Å². The predicted molar refractivity (Wildman–Crippen MR) is 57.8 cm³/mol. The smallest absolute Gasteiger partial charge is 0.317 e. The molecule has 2 heterocycles. The molecule has 2 atom stereocenters. The highest BCUT2D eigenvalue weighted by Gasteiger charge is 2.43. The number of hydrogen-bond acceptors (Lipinski definition) is 2. The fourth-order valence-electron chi connectivity index (χ4n) is 2.89. The summed E-state index contributed by atoms with van der Waals surface area (Å²) in [4.78, 5) is 13.9. The first-order valence-corrected chi connectivity index (χ1v) is 5.85. The zero-order valence-corrected chi connectivity index (χ0v) is 9.53. The predicted octanol–water partition coefficient (Wildman–Crippen LogP) is 1.36. The van der Waals surface area contributed by atoms with Gasteiger partial charge in [0.05, 0.1) is 6.10 Å². The summed E-state index contributed by atoms with van der Waals surface area (Å²) in [6.07, 6.45) is 4.64. The topological polar surface area (TPSA) is 41.6 Å². The maximum absolute atomic E-state index is 11.8. The number of piperidine rings is 1. The van der Waals surface area contributed by atoms with Gasteiger partial charge in [0.2, 0.25) is 0 Å². The molecule has 2 bridgehead atoms. The van der Waals surface area contributed by atoms with Crippen LogP contribution in [-0.2, 0) is 4.74 Å². The molecule has 0 radical (unpaired) electrons. The Kier molecular flexibility index (Phi) is 3.14. The fraction of sp³-hybridized carbons (Fsp3) is 0.909. The lowest BCUT2D eigenvalue weighted by Gasteiger charge is -2.38. The van der Waals surface area contributed by atoms with E-state index in [2.05, 4.69) is 5.32 Å². The number of amides is 2. The molecule has 2 unspecified atom stereocenters. The van der Waals surface area contributed by atoms with Crippen molar-refractivity contribution < 1.29 is 9.53 Å². The molecule has 15 heavy (non-hydrogen) atoms. The summed E-state index contributed by atoms with van der Waals surface area (Å²) in [5, 5.41) is 2.90. The van der Waals surface area contributed by atoms with Gasteiger partial charge in [-0.1, -0.05) is 0 Å². The van der Waals surface area contributed by atoms with E-state index in [0.717, 1.165) is 25.7 Å². The Bertz CT molecular complexity index is 231. The van der Waals surface area contributed by atoms with Crippen molar-refractivity contribution in [1.29, 1.82) is 0 Å². The number of ether oxygens (including phenoxy) is 1. The molecule has 0 aliphatic carbocycles. The van der Waals surface area contributed by atoms with Gasteiger partial charge in [0.1, 0.15) is 0 Å². The lowest BCUT2D eigenvalue weighted by atomic mass is 10.0. The Morgan fingerprint density at radius 2 is 2.00 bits per heavy atom. The van der Waals surface area contributed by atoms with Crippen LogP contribution < -0.4 is 5.32 Å². The number of urea groups is 1. The van der Waals surface area contributed by atoms with Crippen LogP contribution in [0.5, 0.6) is 0 Å². The third-order valence-electron chi connectivity index (χ3n) is 3.59. The number of nitrogens with one attached hydrogen (secondary N) is 1. The SMILES string of the molecule is CCNC(=O)N1C2CCC1CC(OC)C2. The number of fused-ring (bicyclic) bond motifs is 2. The van der Waals surface area contributed by atoms with Gasteiger partial charge in [0.25, 0.3) is 0 Å². The van der Waals surface area contributed by atoms with E-state index in [4.69, 9.17) is 4.74 Å². The van der Waals surface area contributed by atoms with Gasteiger partial charge in [-0.3, -0.25) is 0 Å². The minimum atomic E-state index is 0.111. The number of carbonyl (C=O) groups excluding carboxylic acids is 1. The largest absolute Gasteiger partial charge is 0.381 e. The van der Waals surface area contributed by atoms with Gasteiger partial charge in [-0.25, -0.2) is 4.79 Å². The van der Waals surface area contributed by atoms with E-state index in [1.807, 2.05) is 11.8 Å². The normalized spacial score (nSPS) is 34.3. The molecule has 0 aromatic carbocycles. The first kappa shape index (κ1) is 10.7. The molecule has 0 spiro atoms. The van der Waals surface area contributed by atoms with Gasteiger partial charge < -0.3 is 15.0 Å². The van der Waals surface area contributed by atoms with Crippen molar-refractivity contribution in [2.24, 2.45) is 0 Å². The lowest BCUT2D eigenvalue weighted by molar-refractivity contribution is 0.0210. The second-order valence-corrected chi connectivity index (χ2v) is 4.46. The van der Waals surface area contributed by atoms with E-state index < -0.39 is 0 Å². The molecule has 2 aliphatic heterocycles. The molecule has 0 aromatic heterocycles. The van der Waals surface area contributed by atoms with E-state index >= 15 is 0 Å². The lowest BCUT2D eigenvalue weighted by Crippen LogP contribution is -2.52. The van der Waals surface area contributed by atoms with Crippen molar-refractivity contribution in [2.45, 2.75) is 50.8 Å². The van der Waals surface area contributed by atoms with Crippen molar-refractivity contribution in [3.8, 4) is 0 Å². The Balaban J connectivity index is 2.01. The number of hydrogen-bond donors (Lipinski definition) is 1. The summed E-state index contributed by atoms with van der Waals surface area (Å²) in [5.74, 6) is 0. The Morgan fingerprint density at radius 3 is 2.47 bits per heavy atom. The zero-order chi connectivity index (χ0) is 10.8. The monoisotopic (exact) mass is 212 g/mol. The second kappa shape index (κ2) is 4.39. The van der Waals surface area contributed by atoms with E-state index in [1.165, 1.54) is 0 Å². The molecular formula is C11H20N2O2. The highest BCUT2D eigenvalue weighted by Crippen LogP contribution is 2.36. The van der Waals surface area contributed by atoms with Gasteiger partial charge in [-0.15, -0.1) is 0 Å². The molecule has 0 saturated carbocycles. The van der Waals surface area contributed by atoms with Gasteiger partial charge >= 0.3 is 6.03 Å². The molecular weight excluding hydrogens is 192 g/mol. The molecule has 1 N–H and O–H groups in total. The van der Waals surface area contributed by atoms with Gasteiger partial charge in [0, 0.05) is 25.7 Å². The van der Waals surface area contributed by atoms with Crippen molar-refractivity contribution in [3.05, 3.63) is 0 Å². The number of carbonyl (C=O) groups is 1. The Hall–Kier alpha value is -0.770. The third-order valence-corrected chi connectivity index (χ3v) is 3.59. The van der Waals surface area contributed by atoms with Crippen molar-refractivity contribution >= 4 is 6.03 Å². The van der Waals surface area contributed by atoms with Crippen LogP contribution in [-0.4, -0.2) is 42.8 Å². The summed E-state index contributed by atoms with van der Waals surface area (Å²) < 4.78 is 5.40. The van der Waals surface area contributed by atoms with Crippen molar-refractivity contribution in [2.75, 3.05) is 13.7 Å². The average Bonchev–Trinajstić information content (AvgIpc) is 2.50. The van der Waals surface area contributed by atoms with Crippen LogP contribution in [0.1, 0.15) is 32.6 Å². The highest BCUT2D eigenvalue weighted by atomic mass is 16.5. The van der Waals surface area contributed by atoms with Crippen LogP contribution in [0.25, 0.3) is 0 Å². The van der Waals surface area contributed by atoms with Gasteiger partial charge in [-0.05, 0) is 32.6 Å². The first-order chi connectivity index (χ1) is 7.26. The first-order valence-electron chi connectivity index (χ1n) is 5.85. The highest BCUT2D eigenvalue weighted by molar-refractivity contribution is 5.75. The Labute approximate surface area is 91.0 Å². The van der Waals surface area contributed by atoms with Crippen LogP contribution in [0.3, 0.4) is 0 Å². The van der Waals surface area contributed by atoms with Gasteiger partial charge in [-0.2, -0.15) is 0 Å². The number of nitrogens with zero attached hydrogens (tertiary/aromatic N) is 1. The standard InChI is InChI=1S/C11H20N2O2/c1-3-12-11(14)13-8-4-5-9(13)7-10(6-8)15-2/h8-10H,3-7H2,1-2H3,(H,12,14). The van der Waals surface area contributed by atoms with Gasteiger partial charge in [0.15, 0.2) is 0 Å². The molecule has 4 heteroatoms. The maximum atomic E-state index is 11.8. The summed E-state index contributed by atoms with van der Waals surface area (Å²) in [6, 6.07) is 0.917. The molecule has 0 aromatic rings. The van der Waals surface area contributed by atoms with E-state index in [-0.39, 0.29) is 6.03 Å². The minimum absolute atomic E-state index is 0.111. The number of methoxy groups -OCH3 is 1. The van der Waals surface area contributed by atoms with E-state index in [0.29, 0.717) is 24.7 Å². The quantitative estimate of drug-likeness (QED) is 0.751. The zero-order valence-electron chi connectivity index (χ0n) is 9.53. The minimum Gasteiger partial charge on any atom is -0.381 e. The molecule has 2 rings (SSSR count). The third kappa shape index (κ3) is 1.95. The second-order valence-electron chi connectivity index (χ2n) is 4.46. The van der Waals surface area contributed by atoms with Crippen molar-refractivity contribution in [3.63, 3.8) is 0 Å². The van der Waals surface area contributed by atoms with Crippen LogP contribution in [0.4, 0.5) is 4.79 Å². The van der Waals surface area contributed by atoms with Crippen LogP contribution in [0.2, 0.25) is 0 Å². The molecule has 2 saturated heterocycles. The van der Waals surface area contributed by atoms with Crippen LogP contribution >= 0.6 is 0 Å². The maximum Gasteiger partial charge on any atom is 0.317 e. The van der Waals surface area contributed by atoms with Crippen LogP contribution in [0.15, 0.2) is 0 Å². The van der Waals surface area contributed by atoms with Crippen molar-refractivity contribution in [1.82, 2.24) is 10.2 Å². The molecule has 86 valence electrons. The summed E-state index contributed by atoms with van der Waals surface area (Å²) in [7, 11) is 1.77. The summed E-state index contributed by atoms with van der Waals surface area (Å²) in [6.45, 7) is 2.67. The molecule has 2 fully saturated rings. The molecule has 2 aliphatic rings. The summed E-state index contributed by atoms with van der Waals surface area (Å²) >= 11 is 0. The van der Waals surface area contributed by atoms with E-state index in [9.17, 15) is 4.79 Å². The fourth-order valence-corrected chi connectivity index (χ4v) is 2.89. The van der Waals surface area contributed by atoms with E-state index in [1.54, 1.807) is 7.11 Å². The molecule has 4 nitrogen and oxygen atoms in total. The average molecular weight is 212 g/mol. The molecule has 2 amide bonds.